The third-order valence-corrected chi connectivity index (χ3v) is 2.03. The van der Waals surface area contributed by atoms with Crippen molar-refractivity contribution in [3.8, 4) is 0 Å². The van der Waals surface area contributed by atoms with Crippen molar-refractivity contribution in [1.29, 1.82) is 0 Å². The summed E-state index contributed by atoms with van der Waals surface area (Å²) in [5, 5.41) is 6.50. The van der Waals surface area contributed by atoms with Gasteiger partial charge in [-0.2, -0.15) is 4.98 Å². The van der Waals surface area contributed by atoms with Gasteiger partial charge in [-0.15, -0.1) is 0 Å². The highest BCUT2D eigenvalue weighted by Gasteiger charge is 2.10. The second-order valence-electron chi connectivity index (χ2n) is 3.84. The maximum atomic E-state index is 11.3. The van der Waals surface area contributed by atoms with Crippen LogP contribution in [0.25, 0.3) is 0 Å². The van der Waals surface area contributed by atoms with E-state index in [4.69, 9.17) is 10.3 Å². The number of hydrogen-bond acceptors (Lipinski definition) is 5. The van der Waals surface area contributed by atoms with Gasteiger partial charge in [-0.3, -0.25) is 4.79 Å². The predicted octanol–water partition coefficient (Wildman–Crippen LogP) is 0.201. The van der Waals surface area contributed by atoms with Crippen molar-refractivity contribution in [2.24, 2.45) is 5.73 Å². The van der Waals surface area contributed by atoms with E-state index in [0.717, 1.165) is 0 Å². The fourth-order valence-corrected chi connectivity index (χ4v) is 1.12. The van der Waals surface area contributed by atoms with Crippen LogP contribution in [-0.4, -0.2) is 29.1 Å². The second kappa shape index (κ2) is 6.22. The first-order chi connectivity index (χ1) is 7.63. The fraction of sp³-hybridized carbons (Fsp3) is 0.700. The molecule has 1 aromatic heterocycles. The SMILES string of the molecule is CC(C)c1noc(CCC(=O)NCCN)n1. The normalized spacial score (nSPS) is 10.8. The zero-order chi connectivity index (χ0) is 12.0. The maximum absolute atomic E-state index is 11.3. The monoisotopic (exact) mass is 226 g/mol. The summed E-state index contributed by atoms with van der Waals surface area (Å²) >= 11 is 0. The molecular weight excluding hydrogens is 208 g/mol. The largest absolute Gasteiger partial charge is 0.355 e. The quantitative estimate of drug-likeness (QED) is 0.722. The van der Waals surface area contributed by atoms with E-state index in [1.165, 1.54) is 0 Å². The molecule has 6 heteroatoms. The third kappa shape index (κ3) is 3.98. The van der Waals surface area contributed by atoms with Gasteiger partial charge >= 0.3 is 0 Å². The number of nitrogens with one attached hydrogen (secondary N) is 1. The number of nitrogens with zero attached hydrogens (tertiary/aromatic N) is 2. The van der Waals surface area contributed by atoms with Crippen LogP contribution < -0.4 is 11.1 Å². The molecule has 90 valence electrons. The molecule has 0 atom stereocenters. The molecule has 0 spiro atoms. The zero-order valence-electron chi connectivity index (χ0n) is 9.69. The molecule has 0 aliphatic carbocycles. The summed E-state index contributed by atoms with van der Waals surface area (Å²) in [6, 6.07) is 0. The summed E-state index contributed by atoms with van der Waals surface area (Å²) in [4.78, 5) is 15.4. The van der Waals surface area contributed by atoms with Crippen molar-refractivity contribution >= 4 is 5.91 Å². The van der Waals surface area contributed by atoms with Gasteiger partial charge in [0, 0.05) is 31.8 Å². The minimum atomic E-state index is -0.0465. The van der Waals surface area contributed by atoms with Crippen molar-refractivity contribution in [2.45, 2.75) is 32.6 Å². The first kappa shape index (κ1) is 12.6. The van der Waals surface area contributed by atoms with Crippen molar-refractivity contribution in [2.75, 3.05) is 13.1 Å². The molecule has 0 radical (unpaired) electrons. The van der Waals surface area contributed by atoms with E-state index in [1.807, 2.05) is 13.8 Å². The molecule has 0 fully saturated rings. The number of rotatable bonds is 6. The summed E-state index contributed by atoms with van der Waals surface area (Å²) in [7, 11) is 0. The molecule has 0 saturated heterocycles. The summed E-state index contributed by atoms with van der Waals surface area (Å²) in [5.74, 6) is 1.38. The third-order valence-electron chi connectivity index (χ3n) is 2.03. The van der Waals surface area contributed by atoms with Gasteiger partial charge in [-0.1, -0.05) is 19.0 Å². The summed E-state index contributed by atoms with van der Waals surface area (Å²) in [6.45, 7) is 4.93. The lowest BCUT2D eigenvalue weighted by Gasteiger charge is -2.00. The molecule has 0 unspecified atom stereocenters. The Morgan fingerprint density at radius 3 is 2.88 bits per heavy atom. The molecule has 0 saturated carbocycles. The molecule has 1 heterocycles. The lowest BCUT2D eigenvalue weighted by Crippen LogP contribution is -2.29. The van der Waals surface area contributed by atoms with Crippen LogP contribution in [0.1, 0.15) is 37.9 Å². The van der Waals surface area contributed by atoms with E-state index in [1.54, 1.807) is 0 Å². The molecule has 16 heavy (non-hydrogen) atoms. The number of hydrogen-bond donors (Lipinski definition) is 2. The predicted molar refractivity (Wildman–Crippen MR) is 58.8 cm³/mol. The topological polar surface area (TPSA) is 94.0 Å². The van der Waals surface area contributed by atoms with Crippen LogP contribution in [0.2, 0.25) is 0 Å². The average molecular weight is 226 g/mol. The molecule has 0 aromatic carbocycles. The van der Waals surface area contributed by atoms with Crippen LogP contribution >= 0.6 is 0 Å². The maximum Gasteiger partial charge on any atom is 0.227 e. The van der Waals surface area contributed by atoms with E-state index in [0.29, 0.717) is 37.6 Å². The van der Waals surface area contributed by atoms with Gasteiger partial charge in [0.25, 0.3) is 0 Å². The number of amides is 1. The first-order valence-electron chi connectivity index (χ1n) is 5.42. The molecule has 0 aliphatic rings. The fourth-order valence-electron chi connectivity index (χ4n) is 1.12. The molecule has 1 rings (SSSR count). The Bertz CT molecular complexity index is 335. The summed E-state index contributed by atoms with van der Waals surface area (Å²) < 4.78 is 5.02. The minimum absolute atomic E-state index is 0.0465. The number of nitrogens with two attached hydrogens (primary N) is 1. The number of aromatic nitrogens is 2. The van der Waals surface area contributed by atoms with Crippen LogP contribution in [0.3, 0.4) is 0 Å². The Morgan fingerprint density at radius 1 is 1.56 bits per heavy atom. The molecule has 3 N–H and O–H groups in total. The van der Waals surface area contributed by atoms with Crippen LogP contribution in [0, 0.1) is 0 Å². The average Bonchev–Trinajstić information content (AvgIpc) is 2.72. The van der Waals surface area contributed by atoms with Gasteiger partial charge < -0.3 is 15.6 Å². The van der Waals surface area contributed by atoms with E-state index in [2.05, 4.69) is 15.5 Å². The Hall–Kier alpha value is -1.43. The highest BCUT2D eigenvalue weighted by atomic mass is 16.5. The summed E-state index contributed by atoms with van der Waals surface area (Å²) in [6.07, 6.45) is 0.815. The van der Waals surface area contributed by atoms with Crippen LogP contribution in [-0.2, 0) is 11.2 Å². The standard InChI is InChI=1S/C10H18N4O2/c1-7(2)10-13-9(16-14-10)4-3-8(15)12-6-5-11/h7H,3-6,11H2,1-2H3,(H,12,15). The Balaban J connectivity index is 2.33. The number of aryl methyl sites for hydroxylation is 1. The second-order valence-corrected chi connectivity index (χ2v) is 3.84. The smallest absolute Gasteiger partial charge is 0.227 e. The Morgan fingerprint density at radius 2 is 2.31 bits per heavy atom. The van der Waals surface area contributed by atoms with Crippen molar-refractivity contribution < 1.29 is 9.32 Å². The first-order valence-corrected chi connectivity index (χ1v) is 5.42. The molecule has 6 nitrogen and oxygen atoms in total. The number of carbonyl (C=O) groups is 1. The zero-order valence-corrected chi connectivity index (χ0v) is 9.69. The van der Waals surface area contributed by atoms with Gasteiger partial charge in [0.1, 0.15) is 0 Å². The highest BCUT2D eigenvalue weighted by molar-refractivity contribution is 5.75. The van der Waals surface area contributed by atoms with E-state index in [-0.39, 0.29) is 11.8 Å². The van der Waals surface area contributed by atoms with E-state index in [9.17, 15) is 4.79 Å². The molecule has 1 aromatic rings. The summed E-state index contributed by atoms with van der Waals surface area (Å²) in [5.41, 5.74) is 5.27. The van der Waals surface area contributed by atoms with E-state index < -0.39 is 0 Å². The van der Waals surface area contributed by atoms with E-state index >= 15 is 0 Å². The van der Waals surface area contributed by atoms with Gasteiger partial charge in [0.15, 0.2) is 5.82 Å². The van der Waals surface area contributed by atoms with Crippen LogP contribution in [0.4, 0.5) is 0 Å². The Kier molecular flexibility index (Phi) is 4.91. The van der Waals surface area contributed by atoms with Gasteiger partial charge in [-0.05, 0) is 0 Å². The van der Waals surface area contributed by atoms with Crippen molar-refractivity contribution in [1.82, 2.24) is 15.5 Å². The van der Waals surface area contributed by atoms with Crippen molar-refractivity contribution in [3.05, 3.63) is 11.7 Å². The van der Waals surface area contributed by atoms with Gasteiger partial charge in [0.2, 0.25) is 11.8 Å². The lowest BCUT2D eigenvalue weighted by atomic mass is 10.2. The van der Waals surface area contributed by atoms with Crippen LogP contribution in [0.5, 0.6) is 0 Å². The van der Waals surface area contributed by atoms with Gasteiger partial charge in [0.05, 0.1) is 0 Å². The Labute approximate surface area is 94.6 Å². The number of carbonyl (C=O) groups excluding carboxylic acids is 1. The molecular formula is C10H18N4O2. The lowest BCUT2D eigenvalue weighted by molar-refractivity contribution is -0.121. The molecule has 0 bridgehead atoms. The highest BCUT2D eigenvalue weighted by Crippen LogP contribution is 2.10. The minimum Gasteiger partial charge on any atom is -0.355 e. The van der Waals surface area contributed by atoms with Crippen LogP contribution in [0.15, 0.2) is 4.52 Å². The molecule has 1 amide bonds. The van der Waals surface area contributed by atoms with Gasteiger partial charge in [-0.25, -0.2) is 0 Å². The van der Waals surface area contributed by atoms with Crippen molar-refractivity contribution in [3.63, 3.8) is 0 Å². The molecule has 0 aliphatic heterocycles.